The Balaban J connectivity index is 1.90. The monoisotopic (exact) mass is 457 g/mol. The molecular formula is C23H18Cl2FN3O2. The number of hydrogen-bond acceptors (Lipinski definition) is 3. The molecule has 0 fully saturated rings. The lowest BCUT2D eigenvalue weighted by molar-refractivity contribution is -0.123. The van der Waals surface area contributed by atoms with Crippen LogP contribution in [0.4, 0.5) is 4.39 Å². The highest BCUT2D eigenvalue weighted by atomic mass is 35.5. The Bertz CT molecular complexity index is 1160. The molecule has 1 aromatic heterocycles. The summed E-state index contributed by atoms with van der Waals surface area (Å²) in [6.07, 6.45) is 3.85. The Morgan fingerprint density at radius 3 is 2.61 bits per heavy atom. The quantitative estimate of drug-likeness (QED) is 0.592. The number of pyridine rings is 1. The summed E-state index contributed by atoms with van der Waals surface area (Å²) in [5.74, 6) is -1.66. The number of aromatic nitrogens is 1. The smallest absolute Gasteiger partial charge is 0.256 e. The highest BCUT2D eigenvalue weighted by Gasteiger charge is 2.40. The van der Waals surface area contributed by atoms with Crippen LogP contribution < -0.4 is 5.73 Å². The molecule has 2 N–H and O–H groups in total. The molecule has 8 heteroatoms. The fraction of sp³-hybridized carbons (Fsp3) is 0.174. The molecule has 0 spiro atoms. The fourth-order valence-electron chi connectivity index (χ4n) is 4.12. The summed E-state index contributed by atoms with van der Waals surface area (Å²) in [5.41, 5.74) is 7.47. The van der Waals surface area contributed by atoms with Crippen molar-refractivity contribution < 1.29 is 14.0 Å². The van der Waals surface area contributed by atoms with Gasteiger partial charge in [0.2, 0.25) is 5.91 Å². The van der Waals surface area contributed by atoms with Crippen LogP contribution in [0, 0.1) is 5.82 Å². The van der Waals surface area contributed by atoms with Crippen LogP contribution in [0.2, 0.25) is 10.0 Å². The van der Waals surface area contributed by atoms with Gasteiger partial charge >= 0.3 is 0 Å². The van der Waals surface area contributed by atoms with Gasteiger partial charge < -0.3 is 10.6 Å². The lowest BCUT2D eigenvalue weighted by Crippen LogP contribution is -2.43. The largest absolute Gasteiger partial charge is 0.368 e. The molecule has 2 atom stereocenters. The normalized spacial score (nSPS) is 15.9. The third-order valence-electron chi connectivity index (χ3n) is 5.44. The summed E-state index contributed by atoms with van der Waals surface area (Å²) in [6.45, 7) is 0. The second-order valence-corrected chi connectivity index (χ2v) is 8.14. The molecule has 1 aliphatic rings. The summed E-state index contributed by atoms with van der Waals surface area (Å²) < 4.78 is 14.5. The predicted octanol–water partition coefficient (Wildman–Crippen LogP) is 4.88. The summed E-state index contributed by atoms with van der Waals surface area (Å²) in [5, 5.41) is 0.452. The highest BCUT2D eigenvalue weighted by molar-refractivity contribution is 6.34. The Hall–Kier alpha value is -2.96. The molecule has 1 aliphatic carbocycles. The number of benzene rings is 2. The molecule has 3 aromatic rings. The fourth-order valence-corrected chi connectivity index (χ4v) is 4.55. The van der Waals surface area contributed by atoms with Crippen molar-refractivity contribution in [2.75, 3.05) is 0 Å². The molecule has 1 heterocycles. The van der Waals surface area contributed by atoms with E-state index >= 15 is 0 Å². The molecule has 2 amide bonds. The van der Waals surface area contributed by atoms with Crippen LogP contribution in [0.25, 0.3) is 0 Å². The average molecular weight is 458 g/mol. The van der Waals surface area contributed by atoms with E-state index < -0.39 is 29.7 Å². The number of hydrogen-bond donors (Lipinski definition) is 1. The molecule has 0 aliphatic heterocycles. The van der Waals surface area contributed by atoms with E-state index in [9.17, 15) is 14.0 Å². The van der Waals surface area contributed by atoms with Crippen molar-refractivity contribution in [2.24, 2.45) is 5.73 Å². The van der Waals surface area contributed by atoms with Crippen molar-refractivity contribution in [1.29, 1.82) is 0 Å². The maximum absolute atomic E-state index is 14.5. The molecule has 31 heavy (non-hydrogen) atoms. The predicted molar refractivity (Wildman–Crippen MR) is 116 cm³/mol. The van der Waals surface area contributed by atoms with Gasteiger partial charge in [-0.25, -0.2) is 4.39 Å². The van der Waals surface area contributed by atoms with Crippen LogP contribution in [0.15, 0.2) is 60.9 Å². The van der Waals surface area contributed by atoms with Gasteiger partial charge in [-0.2, -0.15) is 0 Å². The van der Waals surface area contributed by atoms with Gasteiger partial charge in [-0.3, -0.25) is 14.6 Å². The molecule has 158 valence electrons. The van der Waals surface area contributed by atoms with Gasteiger partial charge in [0.15, 0.2) is 0 Å². The molecule has 2 aromatic carbocycles. The minimum Gasteiger partial charge on any atom is -0.368 e. The van der Waals surface area contributed by atoms with Crippen LogP contribution in [0.1, 0.15) is 45.6 Å². The Labute approximate surface area is 188 Å². The number of carbonyl (C=O) groups is 2. The molecular weight excluding hydrogens is 440 g/mol. The first-order valence-corrected chi connectivity index (χ1v) is 10.4. The van der Waals surface area contributed by atoms with Gasteiger partial charge in [-0.1, -0.05) is 41.4 Å². The summed E-state index contributed by atoms with van der Waals surface area (Å²) >= 11 is 12.4. The average Bonchev–Trinajstić information content (AvgIpc) is 3.16. The van der Waals surface area contributed by atoms with Crippen LogP contribution in [-0.2, 0) is 11.2 Å². The first kappa shape index (κ1) is 21.3. The van der Waals surface area contributed by atoms with Gasteiger partial charge in [-0.05, 0) is 54.3 Å². The van der Waals surface area contributed by atoms with Gasteiger partial charge in [0.25, 0.3) is 5.91 Å². The van der Waals surface area contributed by atoms with Crippen molar-refractivity contribution in [3.63, 3.8) is 0 Å². The number of rotatable bonds is 5. The number of fused-ring (bicyclic) bond motifs is 1. The summed E-state index contributed by atoms with van der Waals surface area (Å²) in [4.78, 5) is 31.8. The first-order chi connectivity index (χ1) is 14.9. The molecule has 0 unspecified atom stereocenters. The minimum atomic E-state index is -1.13. The van der Waals surface area contributed by atoms with Gasteiger partial charge in [-0.15, -0.1) is 0 Å². The van der Waals surface area contributed by atoms with Crippen LogP contribution in [-0.4, -0.2) is 21.7 Å². The van der Waals surface area contributed by atoms with E-state index in [1.165, 1.54) is 17.2 Å². The SMILES string of the molecule is NC(=O)[C@@H](c1cccnc1)N(C(=O)c1ccccc1Cl)[C@@H]1CCc2c(F)cc(Cl)cc21. The maximum Gasteiger partial charge on any atom is 0.256 e. The zero-order valence-electron chi connectivity index (χ0n) is 16.3. The lowest BCUT2D eigenvalue weighted by Gasteiger charge is -2.36. The number of nitrogens with two attached hydrogens (primary N) is 1. The van der Waals surface area contributed by atoms with Crippen molar-refractivity contribution >= 4 is 35.0 Å². The third kappa shape index (κ3) is 4.01. The van der Waals surface area contributed by atoms with Crippen LogP contribution in [0.5, 0.6) is 0 Å². The van der Waals surface area contributed by atoms with Crippen molar-refractivity contribution in [3.05, 3.63) is 99.0 Å². The zero-order valence-corrected chi connectivity index (χ0v) is 17.8. The van der Waals surface area contributed by atoms with E-state index in [0.717, 1.165) is 0 Å². The summed E-state index contributed by atoms with van der Waals surface area (Å²) in [7, 11) is 0. The van der Waals surface area contributed by atoms with E-state index in [1.807, 2.05) is 0 Å². The van der Waals surface area contributed by atoms with Gasteiger partial charge in [0, 0.05) is 23.0 Å². The highest BCUT2D eigenvalue weighted by Crippen LogP contribution is 2.43. The molecule has 5 nitrogen and oxygen atoms in total. The molecule has 0 radical (unpaired) electrons. The van der Waals surface area contributed by atoms with Crippen molar-refractivity contribution in [2.45, 2.75) is 24.9 Å². The Morgan fingerprint density at radius 1 is 1.16 bits per heavy atom. The standard InChI is InChI=1S/C23H18Cl2FN3O2/c24-14-10-17-15(19(26)11-14)7-8-20(17)29(23(31)16-5-1-2-6-18(16)25)21(22(27)30)13-4-3-9-28-12-13/h1-6,9-12,20-21H,7-8H2,(H2,27,30)/t20-,21-/m1/s1. The third-order valence-corrected chi connectivity index (χ3v) is 5.99. The number of nitrogens with zero attached hydrogens (tertiary/aromatic N) is 2. The van der Waals surface area contributed by atoms with Crippen LogP contribution >= 0.6 is 23.2 Å². The number of carbonyl (C=O) groups excluding carboxylic acids is 2. The van der Waals surface area contributed by atoms with E-state index in [2.05, 4.69) is 4.98 Å². The van der Waals surface area contributed by atoms with Crippen molar-refractivity contribution in [3.8, 4) is 0 Å². The zero-order chi connectivity index (χ0) is 22.1. The van der Waals surface area contributed by atoms with E-state index in [4.69, 9.17) is 28.9 Å². The van der Waals surface area contributed by atoms with Gasteiger partial charge in [0.1, 0.15) is 11.9 Å². The molecule has 4 rings (SSSR count). The minimum absolute atomic E-state index is 0.213. The van der Waals surface area contributed by atoms with E-state index in [-0.39, 0.29) is 15.6 Å². The van der Waals surface area contributed by atoms with Crippen LogP contribution in [0.3, 0.4) is 0 Å². The maximum atomic E-state index is 14.5. The number of amides is 2. The number of halogens is 3. The lowest BCUT2D eigenvalue weighted by atomic mass is 9.98. The molecule has 0 bridgehead atoms. The molecule has 0 saturated carbocycles. The first-order valence-electron chi connectivity index (χ1n) is 9.62. The number of primary amides is 1. The second kappa shape index (κ2) is 8.65. The topological polar surface area (TPSA) is 76.3 Å². The molecule has 0 saturated heterocycles. The van der Waals surface area contributed by atoms with Crippen molar-refractivity contribution in [1.82, 2.24) is 9.88 Å². The Kier molecular flexibility index (Phi) is 5.94. The van der Waals surface area contributed by atoms with Gasteiger partial charge in [0.05, 0.1) is 16.6 Å². The van der Waals surface area contributed by atoms with E-state index in [1.54, 1.807) is 48.7 Å². The Morgan fingerprint density at radius 2 is 1.94 bits per heavy atom. The second-order valence-electron chi connectivity index (χ2n) is 7.29. The summed E-state index contributed by atoms with van der Waals surface area (Å²) in [6, 6.07) is 11.0. The van der Waals surface area contributed by atoms with E-state index in [0.29, 0.717) is 29.5 Å².